The molecule has 25 heavy (non-hydrogen) atoms. The van der Waals surface area contributed by atoms with E-state index in [0.29, 0.717) is 22.3 Å². The Bertz CT molecular complexity index is 820. The number of carbonyl (C=O) groups excluding carboxylic acids is 3. The fourth-order valence-electron chi connectivity index (χ4n) is 2.17. The van der Waals surface area contributed by atoms with E-state index in [4.69, 9.17) is 9.47 Å². The van der Waals surface area contributed by atoms with Crippen LogP contribution in [0.5, 0.6) is 5.75 Å². The molecule has 0 bridgehead atoms. The number of fused-ring (bicyclic) bond motifs is 1. The molecule has 0 unspecified atom stereocenters. The summed E-state index contributed by atoms with van der Waals surface area (Å²) in [6, 6.07) is 6.99. The summed E-state index contributed by atoms with van der Waals surface area (Å²) in [5, 5.41) is 7.35. The van der Waals surface area contributed by atoms with Crippen LogP contribution in [-0.4, -0.2) is 28.9 Å². The second-order valence-electron chi connectivity index (χ2n) is 5.28. The van der Waals surface area contributed by atoms with E-state index in [1.54, 1.807) is 29.6 Å². The zero-order chi connectivity index (χ0) is 17.8. The third-order valence-electron chi connectivity index (χ3n) is 3.27. The predicted octanol–water partition coefficient (Wildman–Crippen LogP) is 1.93. The molecule has 0 spiro atoms. The van der Waals surface area contributed by atoms with Crippen molar-refractivity contribution >= 4 is 39.9 Å². The summed E-state index contributed by atoms with van der Waals surface area (Å²) in [4.78, 5) is 39.0. The Labute approximate surface area is 147 Å². The van der Waals surface area contributed by atoms with Crippen molar-refractivity contribution in [2.75, 3.05) is 10.6 Å². The minimum atomic E-state index is -0.937. The lowest BCUT2D eigenvalue weighted by molar-refractivity contribution is -0.149. The van der Waals surface area contributed by atoms with E-state index in [-0.39, 0.29) is 18.9 Å². The van der Waals surface area contributed by atoms with Crippen molar-refractivity contribution in [3.8, 4) is 5.75 Å². The summed E-state index contributed by atoms with van der Waals surface area (Å²) in [5.74, 6) is -0.677. The Balaban J connectivity index is 1.52. The molecule has 2 amide bonds. The van der Waals surface area contributed by atoms with Gasteiger partial charge in [-0.3, -0.25) is 14.4 Å². The van der Waals surface area contributed by atoms with E-state index in [9.17, 15) is 14.4 Å². The first kappa shape index (κ1) is 16.9. The monoisotopic (exact) mass is 361 g/mol. The minimum absolute atomic E-state index is 0.0418. The van der Waals surface area contributed by atoms with Crippen LogP contribution < -0.4 is 15.4 Å². The zero-order valence-electron chi connectivity index (χ0n) is 13.3. The molecule has 3 rings (SSSR count). The number of aromatic nitrogens is 1. The summed E-state index contributed by atoms with van der Waals surface area (Å²) in [6.07, 6.45) is -1.14. The SMILES string of the molecule is CC(=O)Nc1nc(COC(=O)C[C@@H]2Oc3ccccc3NC2=O)cs1. The number of rotatable bonds is 5. The summed E-state index contributed by atoms with van der Waals surface area (Å²) in [5.41, 5.74) is 1.09. The van der Waals surface area contributed by atoms with Crippen LogP contribution in [0.15, 0.2) is 29.6 Å². The van der Waals surface area contributed by atoms with Crippen molar-refractivity contribution in [1.82, 2.24) is 4.98 Å². The summed E-state index contributed by atoms with van der Waals surface area (Å²) < 4.78 is 10.7. The molecule has 2 aromatic rings. The molecule has 130 valence electrons. The molecule has 8 nitrogen and oxygen atoms in total. The van der Waals surface area contributed by atoms with Gasteiger partial charge in [-0.1, -0.05) is 12.1 Å². The molecular weight excluding hydrogens is 346 g/mol. The molecule has 0 fully saturated rings. The standard InChI is InChI=1S/C16H15N3O5S/c1-9(20)17-16-18-10(8-25-16)7-23-14(21)6-13-15(22)19-11-4-2-3-5-12(11)24-13/h2-5,8,13H,6-7H2,1H3,(H,19,22)(H,17,18,20)/t13-/m0/s1. The van der Waals surface area contributed by atoms with Crippen LogP contribution in [0.1, 0.15) is 19.0 Å². The number of hydrogen-bond acceptors (Lipinski definition) is 7. The lowest BCUT2D eigenvalue weighted by atomic mass is 10.1. The van der Waals surface area contributed by atoms with E-state index < -0.39 is 18.0 Å². The number of hydrogen-bond donors (Lipinski definition) is 2. The highest BCUT2D eigenvalue weighted by atomic mass is 32.1. The Morgan fingerprint density at radius 1 is 1.40 bits per heavy atom. The molecule has 0 aliphatic carbocycles. The Kier molecular flexibility index (Phi) is 4.94. The van der Waals surface area contributed by atoms with E-state index >= 15 is 0 Å². The largest absolute Gasteiger partial charge is 0.478 e. The number of carbonyl (C=O) groups is 3. The average Bonchev–Trinajstić information content (AvgIpc) is 3.00. The van der Waals surface area contributed by atoms with E-state index in [2.05, 4.69) is 15.6 Å². The second kappa shape index (κ2) is 7.31. The van der Waals surface area contributed by atoms with E-state index in [1.165, 1.54) is 18.3 Å². The topological polar surface area (TPSA) is 107 Å². The molecular formula is C16H15N3O5S. The Morgan fingerprint density at radius 3 is 3.00 bits per heavy atom. The van der Waals surface area contributed by atoms with Crippen molar-refractivity contribution in [2.24, 2.45) is 0 Å². The number of para-hydroxylation sites is 2. The Hall–Kier alpha value is -2.94. The van der Waals surface area contributed by atoms with Crippen LogP contribution in [0.4, 0.5) is 10.8 Å². The van der Waals surface area contributed by atoms with Crippen LogP contribution in [0.25, 0.3) is 0 Å². The number of anilines is 2. The summed E-state index contributed by atoms with van der Waals surface area (Å²) in [7, 11) is 0. The van der Waals surface area contributed by atoms with Crippen molar-refractivity contribution in [3.63, 3.8) is 0 Å². The van der Waals surface area contributed by atoms with Gasteiger partial charge in [0.05, 0.1) is 17.8 Å². The number of nitrogens with zero attached hydrogens (tertiary/aromatic N) is 1. The van der Waals surface area contributed by atoms with Gasteiger partial charge < -0.3 is 20.1 Å². The van der Waals surface area contributed by atoms with Gasteiger partial charge in [0.1, 0.15) is 12.4 Å². The van der Waals surface area contributed by atoms with Crippen LogP contribution in [0.3, 0.4) is 0 Å². The number of amides is 2. The molecule has 1 aromatic heterocycles. The van der Waals surface area contributed by atoms with Gasteiger partial charge in [0.15, 0.2) is 11.2 Å². The molecule has 0 saturated heterocycles. The van der Waals surface area contributed by atoms with Gasteiger partial charge in [-0.2, -0.15) is 0 Å². The molecule has 9 heteroatoms. The normalized spacial score (nSPS) is 15.6. The second-order valence-corrected chi connectivity index (χ2v) is 6.14. The highest BCUT2D eigenvalue weighted by molar-refractivity contribution is 7.13. The molecule has 1 aliphatic rings. The van der Waals surface area contributed by atoms with E-state index in [1.807, 2.05) is 0 Å². The van der Waals surface area contributed by atoms with Crippen molar-refractivity contribution in [3.05, 3.63) is 35.3 Å². The summed E-state index contributed by atoms with van der Waals surface area (Å²) >= 11 is 1.23. The number of nitrogens with one attached hydrogen (secondary N) is 2. The van der Waals surface area contributed by atoms with Gasteiger partial charge in [0.25, 0.3) is 5.91 Å². The number of benzene rings is 1. The Morgan fingerprint density at radius 2 is 2.20 bits per heavy atom. The molecule has 1 aromatic carbocycles. The van der Waals surface area contributed by atoms with Crippen molar-refractivity contribution in [1.29, 1.82) is 0 Å². The maximum absolute atomic E-state index is 12.0. The lowest BCUT2D eigenvalue weighted by Gasteiger charge is -2.25. The molecule has 0 saturated carbocycles. The first-order chi connectivity index (χ1) is 12.0. The van der Waals surface area contributed by atoms with Gasteiger partial charge in [-0.25, -0.2) is 4.98 Å². The quantitative estimate of drug-likeness (QED) is 0.788. The van der Waals surface area contributed by atoms with Gasteiger partial charge >= 0.3 is 5.97 Å². The highest BCUT2D eigenvalue weighted by Gasteiger charge is 2.30. The first-order valence-corrected chi connectivity index (χ1v) is 8.33. The fourth-order valence-corrected chi connectivity index (χ4v) is 2.91. The van der Waals surface area contributed by atoms with Gasteiger partial charge in [-0.15, -0.1) is 11.3 Å². The minimum Gasteiger partial charge on any atom is -0.478 e. The smallest absolute Gasteiger partial charge is 0.310 e. The van der Waals surface area contributed by atoms with Crippen LogP contribution >= 0.6 is 11.3 Å². The van der Waals surface area contributed by atoms with Gasteiger partial charge in [0.2, 0.25) is 5.91 Å². The van der Waals surface area contributed by atoms with Crippen LogP contribution in [0, 0.1) is 0 Å². The van der Waals surface area contributed by atoms with Crippen molar-refractivity contribution < 1.29 is 23.9 Å². The predicted molar refractivity (Wildman–Crippen MR) is 90.3 cm³/mol. The van der Waals surface area contributed by atoms with Crippen LogP contribution in [0.2, 0.25) is 0 Å². The summed E-state index contributed by atoms with van der Waals surface area (Å²) in [6.45, 7) is 1.34. The van der Waals surface area contributed by atoms with Crippen molar-refractivity contribution in [2.45, 2.75) is 26.1 Å². The highest BCUT2D eigenvalue weighted by Crippen LogP contribution is 2.29. The number of thiazole rings is 1. The maximum atomic E-state index is 12.0. The third-order valence-corrected chi connectivity index (χ3v) is 4.08. The molecule has 1 atom stereocenters. The van der Waals surface area contributed by atoms with Gasteiger partial charge in [-0.05, 0) is 12.1 Å². The van der Waals surface area contributed by atoms with Crippen LogP contribution in [-0.2, 0) is 25.7 Å². The fraction of sp³-hybridized carbons (Fsp3) is 0.250. The average molecular weight is 361 g/mol. The maximum Gasteiger partial charge on any atom is 0.310 e. The lowest BCUT2D eigenvalue weighted by Crippen LogP contribution is -2.38. The third kappa shape index (κ3) is 4.32. The number of esters is 1. The molecule has 2 N–H and O–H groups in total. The number of ether oxygens (including phenoxy) is 2. The first-order valence-electron chi connectivity index (χ1n) is 7.45. The van der Waals surface area contributed by atoms with E-state index in [0.717, 1.165) is 0 Å². The molecule has 1 aliphatic heterocycles. The zero-order valence-corrected chi connectivity index (χ0v) is 14.1. The molecule has 2 heterocycles. The molecule has 0 radical (unpaired) electrons. The van der Waals surface area contributed by atoms with Gasteiger partial charge in [0, 0.05) is 12.3 Å².